The lowest BCUT2D eigenvalue weighted by atomic mass is 9.90. The number of rotatable bonds is 13. The molecule has 69 heavy (non-hydrogen) atoms. The normalized spacial score (nSPS) is 16.4. The first-order valence-corrected chi connectivity index (χ1v) is 26.1. The van der Waals surface area contributed by atoms with Crippen LogP contribution in [0.3, 0.4) is 0 Å². The van der Waals surface area contributed by atoms with Gasteiger partial charge in [0.2, 0.25) is 0 Å². The number of carbonyl (C=O) groups is 1. The van der Waals surface area contributed by atoms with Gasteiger partial charge in [0.25, 0.3) is 0 Å². The SMILES string of the molecule is CC(C)Oc1cccc(OC(C)C)c1-c1cccc(-c2c(OC(C)C)cccc2OC(C)C)c1P1C(c2c3ccccc3cc3ccccc23)CC(=O)CC1c1c2ccccc2cc2ccccc12. The lowest BCUT2D eigenvalue weighted by Crippen LogP contribution is -2.27. The zero-order valence-electron chi connectivity index (χ0n) is 41.0. The molecule has 1 heterocycles. The Morgan fingerprint density at radius 1 is 0.391 bits per heavy atom. The Labute approximate surface area is 408 Å². The molecule has 5 nitrogen and oxygen atoms in total. The fraction of sp³-hybridized carbons (Fsp3) is 0.254. The summed E-state index contributed by atoms with van der Waals surface area (Å²) in [5.41, 5.74) is 5.81. The predicted molar refractivity (Wildman–Crippen MR) is 290 cm³/mol. The summed E-state index contributed by atoms with van der Waals surface area (Å²) in [7, 11) is -1.43. The number of hydrogen-bond donors (Lipinski definition) is 0. The van der Waals surface area contributed by atoms with Crippen LogP contribution in [-0.4, -0.2) is 30.2 Å². The third kappa shape index (κ3) is 8.94. The van der Waals surface area contributed by atoms with Gasteiger partial charge in [0.05, 0.1) is 35.5 Å². The van der Waals surface area contributed by atoms with E-state index in [-0.39, 0.29) is 41.5 Å². The molecule has 0 radical (unpaired) electrons. The fourth-order valence-electron chi connectivity index (χ4n) is 10.7. The molecular formula is C63H61O5P. The van der Waals surface area contributed by atoms with E-state index in [0.29, 0.717) is 12.8 Å². The Balaban J connectivity index is 1.43. The first kappa shape index (κ1) is 46.1. The maximum Gasteiger partial charge on any atom is 0.134 e. The minimum Gasteiger partial charge on any atom is -0.490 e. The third-order valence-corrected chi connectivity index (χ3v) is 16.3. The second-order valence-corrected chi connectivity index (χ2v) is 22.0. The highest BCUT2D eigenvalue weighted by atomic mass is 31.1. The Kier molecular flexibility index (Phi) is 12.9. The molecule has 1 fully saturated rings. The Morgan fingerprint density at radius 3 is 0.986 bits per heavy atom. The quantitative estimate of drug-likeness (QED) is 0.0852. The molecule has 0 saturated carbocycles. The van der Waals surface area contributed by atoms with Gasteiger partial charge >= 0.3 is 0 Å². The van der Waals surface area contributed by atoms with Gasteiger partial charge in [-0.25, -0.2) is 0 Å². The molecule has 0 N–H and O–H groups in total. The van der Waals surface area contributed by atoms with E-state index in [0.717, 1.165) is 72.1 Å². The monoisotopic (exact) mass is 928 g/mol. The average molecular weight is 929 g/mol. The van der Waals surface area contributed by atoms with E-state index in [1.807, 2.05) is 12.1 Å². The van der Waals surface area contributed by atoms with Crippen molar-refractivity contribution in [2.75, 3.05) is 0 Å². The topological polar surface area (TPSA) is 54.0 Å². The summed E-state index contributed by atoms with van der Waals surface area (Å²) < 4.78 is 27.4. The summed E-state index contributed by atoms with van der Waals surface area (Å²) in [6.07, 6.45) is 0.319. The first-order chi connectivity index (χ1) is 33.4. The molecular weight excluding hydrogens is 868 g/mol. The average Bonchev–Trinajstić information content (AvgIpc) is 3.31. The van der Waals surface area contributed by atoms with Crippen LogP contribution in [-0.2, 0) is 4.79 Å². The number of fused-ring (bicyclic) bond motifs is 4. The van der Waals surface area contributed by atoms with Crippen molar-refractivity contribution < 1.29 is 23.7 Å². The van der Waals surface area contributed by atoms with Gasteiger partial charge < -0.3 is 18.9 Å². The van der Waals surface area contributed by atoms with Gasteiger partial charge in [-0.3, -0.25) is 4.79 Å². The molecule has 9 aromatic carbocycles. The van der Waals surface area contributed by atoms with E-state index in [9.17, 15) is 0 Å². The highest BCUT2D eigenvalue weighted by Crippen LogP contribution is 2.71. The van der Waals surface area contributed by atoms with Crippen LogP contribution in [0.15, 0.2) is 164 Å². The molecule has 0 aromatic heterocycles. The van der Waals surface area contributed by atoms with Crippen LogP contribution in [0, 0.1) is 0 Å². The highest BCUT2D eigenvalue weighted by Gasteiger charge is 2.45. The Hall–Kier alpha value is -6.68. The summed E-state index contributed by atoms with van der Waals surface area (Å²) in [5, 5.41) is 10.5. The van der Waals surface area contributed by atoms with Crippen molar-refractivity contribution in [1.29, 1.82) is 0 Å². The molecule has 1 aliphatic rings. The van der Waals surface area contributed by atoms with Crippen molar-refractivity contribution in [3.63, 3.8) is 0 Å². The number of benzene rings is 9. The smallest absolute Gasteiger partial charge is 0.134 e. The molecule has 0 amide bonds. The molecule has 2 unspecified atom stereocenters. The first-order valence-electron chi connectivity index (χ1n) is 24.6. The molecule has 0 bridgehead atoms. The van der Waals surface area contributed by atoms with Crippen molar-refractivity contribution in [2.45, 2.75) is 104 Å². The molecule has 6 heteroatoms. The van der Waals surface area contributed by atoms with Crippen LogP contribution in [0.1, 0.15) is 90.7 Å². The molecule has 1 aliphatic heterocycles. The van der Waals surface area contributed by atoms with E-state index >= 15 is 4.79 Å². The van der Waals surface area contributed by atoms with E-state index in [1.165, 1.54) is 32.7 Å². The summed E-state index contributed by atoms with van der Waals surface area (Å²) >= 11 is 0. The van der Waals surface area contributed by atoms with Gasteiger partial charge in [-0.2, -0.15) is 0 Å². The lowest BCUT2D eigenvalue weighted by Gasteiger charge is -2.42. The van der Waals surface area contributed by atoms with E-state index in [1.54, 1.807) is 0 Å². The lowest BCUT2D eigenvalue weighted by molar-refractivity contribution is -0.119. The summed E-state index contributed by atoms with van der Waals surface area (Å²) in [5.74, 6) is 3.24. The molecule has 0 aliphatic carbocycles. The van der Waals surface area contributed by atoms with Gasteiger partial charge in [0, 0.05) is 24.2 Å². The van der Waals surface area contributed by atoms with Crippen molar-refractivity contribution in [3.05, 3.63) is 175 Å². The van der Waals surface area contributed by atoms with Crippen molar-refractivity contribution >= 4 is 62.1 Å². The minimum absolute atomic E-state index is 0.112. The summed E-state index contributed by atoms with van der Waals surface area (Å²) in [6.45, 7) is 16.6. The molecule has 1 saturated heterocycles. The Bertz CT molecular complexity index is 2990. The standard InChI is InChI=1S/C63H61O5P/c1-38(2)65-53-30-18-31-54(66-39(3)4)61(53)51-28-17-29-52(62-55(67-40(5)6)32-19-33-56(62)68-41(7)8)63(51)69-57(59-47-24-13-9-20-42(47)34-43-21-10-14-25-48(43)59)36-46(64)37-58(69)60-49-26-15-11-22-44(49)35-45-23-12-16-27-50(45)60/h9-35,38-41,57-58H,36-37H2,1-8H3. The zero-order valence-corrected chi connectivity index (χ0v) is 41.8. The molecule has 10 rings (SSSR count). The molecule has 0 spiro atoms. The fourth-order valence-corrected chi connectivity index (χ4v) is 14.6. The number of carbonyl (C=O) groups excluding carboxylic acids is 1. The van der Waals surface area contributed by atoms with Gasteiger partial charge in [-0.05, 0) is 162 Å². The number of Topliss-reactive ketones (excluding diaryl/α,β-unsaturated/α-hetero) is 1. The predicted octanol–water partition coefficient (Wildman–Crippen LogP) is 16.7. The number of ketones is 1. The van der Waals surface area contributed by atoms with Crippen LogP contribution in [0.5, 0.6) is 23.0 Å². The van der Waals surface area contributed by atoms with Crippen LogP contribution >= 0.6 is 7.92 Å². The largest absolute Gasteiger partial charge is 0.490 e. The van der Waals surface area contributed by atoms with Crippen molar-refractivity contribution in [2.24, 2.45) is 0 Å². The number of ether oxygens (including phenoxy) is 4. The summed E-state index contributed by atoms with van der Waals surface area (Å²) in [6, 6.07) is 58.7. The maximum absolute atomic E-state index is 15.3. The van der Waals surface area contributed by atoms with Gasteiger partial charge in [-0.1, -0.05) is 135 Å². The second-order valence-electron chi connectivity index (χ2n) is 19.5. The van der Waals surface area contributed by atoms with E-state index in [4.69, 9.17) is 18.9 Å². The highest BCUT2D eigenvalue weighted by molar-refractivity contribution is 7.67. The van der Waals surface area contributed by atoms with E-state index < -0.39 is 7.92 Å². The third-order valence-electron chi connectivity index (χ3n) is 13.1. The minimum atomic E-state index is -1.43. The van der Waals surface area contributed by atoms with Crippen molar-refractivity contribution in [3.8, 4) is 45.3 Å². The maximum atomic E-state index is 15.3. The number of hydrogen-bond acceptors (Lipinski definition) is 5. The summed E-state index contributed by atoms with van der Waals surface area (Å²) in [4.78, 5) is 15.3. The molecule has 9 aromatic rings. The van der Waals surface area contributed by atoms with E-state index in [2.05, 4.69) is 207 Å². The van der Waals surface area contributed by atoms with Crippen LogP contribution in [0.25, 0.3) is 65.3 Å². The molecule has 2 atom stereocenters. The Morgan fingerprint density at radius 2 is 0.681 bits per heavy atom. The van der Waals surface area contributed by atoms with Crippen LogP contribution in [0.4, 0.5) is 0 Å². The van der Waals surface area contributed by atoms with Gasteiger partial charge in [-0.15, -0.1) is 0 Å². The molecule has 348 valence electrons. The zero-order chi connectivity index (χ0) is 47.9. The second kappa shape index (κ2) is 19.4. The van der Waals surface area contributed by atoms with Gasteiger partial charge in [0.15, 0.2) is 0 Å². The van der Waals surface area contributed by atoms with Crippen LogP contribution in [0.2, 0.25) is 0 Å². The van der Waals surface area contributed by atoms with Gasteiger partial charge in [0.1, 0.15) is 28.8 Å². The van der Waals surface area contributed by atoms with Crippen LogP contribution < -0.4 is 24.3 Å². The van der Waals surface area contributed by atoms with Crippen molar-refractivity contribution in [1.82, 2.24) is 0 Å².